The number of ketones is 1. The normalized spacial score (nSPS) is 20.8. The van der Waals surface area contributed by atoms with E-state index in [1.54, 1.807) is 12.3 Å². The van der Waals surface area contributed by atoms with Gasteiger partial charge in [-0.15, -0.1) is 0 Å². The maximum absolute atomic E-state index is 12.1. The topological polar surface area (TPSA) is 58.5 Å². The second-order valence-electron chi connectivity index (χ2n) is 4.89. The van der Waals surface area contributed by atoms with Crippen molar-refractivity contribution in [2.45, 2.75) is 32.4 Å². The minimum atomic E-state index is -0.0347. The molecule has 98 valence electrons. The van der Waals surface area contributed by atoms with Gasteiger partial charge in [-0.3, -0.25) is 9.79 Å². The van der Waals surface area contributed by atoms with Gasteiger partial charge in [-0.1, -0.05) is 13.3 Å². The lowest BCUT2D eigenvalue weighted by molar-refractivity contribution is 0.104. The number of likely N-dealkylation sites (N-methyl/N-ethyl adjacent to an activating group) is 1. The Labute approximate surface area is 112 Å². The molecule has 2 heterocycles. The van der Waals surface area contributed by atoms with Crippen LogP contribution in [0.1, 0.15) is 42.2 Å². The van der Waals surface area contributed by atoms with Gasteiger partial charge in [0.15, 0.2) is 5.78 Å². The molecule has 1 unspecified atom stereocenters. The fourth-order valence-electron chi connectivity index (χ4n) is 2.53. The zero-order valence-corrected chi connectivity index (χ0v) is 11.1. The fourth-order valence-corrected chi connectivity index (χ4v) is 2.53. The molecule has 0 spiro atoms. The summed E-state index contributed by atoms with van der Waals surface area (Å²) in [6.45, 7) is 2.17. The molecule has 0 aromatic carbocycles. The molecule has 0 saturated carbocycles. The van der Waals surface area contributed by atoms with Crippen molar-refractivity contribution < 1.29 is 4.79 Å². The first-order valence-corrected chi connectivity index (χ1v) is 6.59. The van der Waals surface area contributed by atoms with Crippen LogP contribution in [-0.2, 0) is 0 Å². The summed E-state index contributed by atoms with van der Waals surface area (Å²) in [5.41, 5.74) is 2.94. The number of fused-ring (bicyclic) bond motifs is 3. The average Bonchev–Trinajstić information content (AvgIpc) is 2.74. The van der Waals surface area contributed by atoms with E-state index in [2.05, 4.69) is 21.8 Å². The quantitative estimate of drug-likeness (QED) is 0.827. The van der Waals surface area contributed by atoms with Gasteiger partial charge in [-0.2, -0.15) is 0 Å². The SMILES string of the molecule is CCCCC1N=C2C(=CC(=O)c3cncnc32)N1C. The van der Waals surface area contributed by atoms with Gasteiger partial charge in [-0.05, 0) is 12.8 Å². The summed E-state index contributed by atoms with van der Waals surface area (Å²) < 4.78 is 0. The number of allylic oxidation sites excluding steroid dienone is 2. The highest BCUT2D eigenvalue weighted by atomic mass is 16.1. The number of carbonyl (C=O) groups excluding carboxylic acids is 1. The number of aliphatic imine (C=N–C) groups is 1. The van der Waals surface area contributed by atoms with E-state index in [1.165, 1.54) is 6.33 Å². The van der Waals surface area contributed by atoms with E-state index in [-0.39, 0.29) is 11.9 Å². The molecule has 1 atom stereocenters. The monoisotopic (exact) mass is 256 g/mol. The lowest BCUT2D eigenvalue weighted by atomic mass is 9.98. The molecule has 1 aliphatic heterocycles. The van der Waals surface area contributed by atoms with Gasteiger partial charge in [0.1, 0.15) is 23.9 Å². The van der Waals surface area contributed by atoms with Crippen molar-refractivity contribution in [3.63, 3.8) is 0 Å². The number of unbranched alkanes of at least 4 members (excludes halogenated alkanes) is 1. The summed E-state index contributed by atoms with van der Waals surface area (Å²) >= 11 is 0. The van der Waals surface area contributed by atoms with Crippen molar-refractivity contribution in [3.8, 4) is 0 Å². The molecule has 2 aliphatic rings. The summed E-state index contributed by atoms with van der Waals surface area (Å²) in [5, 5.41) is 0. The van der Waals surface area contributed by atoms with Gasteiger partial charge in [0.05, 0.1) is 11.3 Å². The maximum atomic E-state index is 12.1. The molecular formula is C14H16N4O. The zero-order chi connectivity index (χ0) is 13.4. The summed E-state index contributed by atoms with van der Waals surface area (Å²) in [7, 11) is 1.99. The van der Waals surface area contributed by atoms with Crippen LogP contribution in [0.25, 0.3) is 0 Å². The fraction of sp³-hybridized carbons (Fsp3) is 0.429. The van der Waals surface area contributed by atoms with Crippen molar-refractivity contribution in [1.29, 1.82) is 0 Å². The first kappa shape index (κ1) is 12.0. The van der Waals surface area contributed by atoms with E-state index in [0.717, 1.165) is 30.7 Å². The van der Waals surface area contributed by atoms with Gasteiger partial charge in [-0.25, -0.2) is 9.97 Å². The molecular weight excluding hydrogens is 240 g/mol. The summed E-state index contributed by atoms with van der Waals surface area (Å²) in [6, 6.07) is 0. The van der Waals surface area contributed by atoms with Gasteiger partial charge in [0, 0.05) is 19.3 Å². The molecule has 5 nitrogen and oxygen atoms in total. The van der Waals surface area contributed by atoms with Crippen LogP contribution in [0.4, 0.5) is 0 Å². The molecule has 5 heteroatoms. The summed E-state index contributed by atoms with van der Waals surface area (Å²) in [4.78, 5) is 27.0. The minimum Gasteiger partial charge on any atom is -0.351 e. The third kappa shape index (κ3) is 1.85. The zero-order valence-electron chi connectivity index (χ0n) is 11.1. The Morgan fingerprint density at radius 1 is 1.42 bits per heavy atom. The standard InChI is InChI=1S/C14H16N4O/c1-3-4-5-12-17-14-10(18(12)2)6-11(19)9-7-15-8-16-13(9)14/h6-8,12H,3-5H2,1-2H3. The molecule has 0 radical (unpaired) electrons. The third-order valence-corrected chi connectivity index (χ3v) is 3.63. The number of aromatic nitrogens is 2. The highest BCUT2D eigenvalue weighted by molar-refractivity contribution is 6.25. The molecule has 1 aromatic heterocycles. The summed E-state index contributed by atoms with van der Waals surface area (Å²) in [5.74, 6) is -0.0347. The largest absolute Gasteiger partial charge is 0.351 e. The van der Waals surface area contributed by atoms with Crippen molar-refractivity contribution in [3.05, 3.63) is 35.6 Å². The molecule has 0 amide bonds. The van der Waals surface area contributed by atoms with Crippen molar-refractivity contribution in [2.24, 2.45) is 4.99 Å². The smallest absolute Gasteiger partial charge is 0.191 e. The van der Waals surface area contributed by atoms with Crippen LogP contribution in [-0.4, -0.2) is 39.6 Å². The van der Waals surface area contributed by atoms with E-state index < -0.39 is 0 Å². The number of hydrogen-bond donors (Lipinski definition) is 0. The molecule has 0 saturated heterocycles. The number of rotatable bonds is 3. The predicted molar refractivity (Wildman–Crippen MR) is 72.1 cm³/mol. The van der Waals surface area contributed by atoms with Crippen LogP contribution in [0.3, 0.4) is 0 Å². The van der Waals surface area contributed by atoms with Crippen molar-refractivity contribution in [2.75, 3.05) is 7.05 Å². The highest BCUT2D eigenvalue weighted by Gasteiger charge is 2.34. The second-order valence-corrected chi connectivity index (χ2v) is 4.89. The summed E-state index contributed by atoms with van der Waals surface area (Å²) in [6.07, 6.45) is 8.08. The Balaban J connectivity index is 2.02. The molecule has 0 bridgehead atoms. The highest BCUT2D eigenvalue weighted by Crippen LogP contribution is 2.30. The maximum Gasteiger partial charge on any atom is 0.191 e. The molecule has 0 N–H and O–H groups in total. The first-order valence-electron chi connectivity index (χ1n) is 6.59. The van der Waals surface area contributed by atoms with Gasteiger partial charge in [0.25, 0.3) is 0 Å². The molecule has 1 aliphatic carbocycles. The average molecular weight is 256 g/mol. The Kier molecular flexibility index (Phi) is 2.89. The van der Waals surface area contributed by atoms with Crippen LogP contribution in [0.5, 0.6) is 0 Å². The van der Waals surface area contributed by atoms with Crippen LogP contribution >= 0.6 is 0 Å². The van der Waals surface area contributed by atoms with Crippen molar-refractivity contribution in [1.82, 2.24) is 14.9 Å². The Morgan fingerprint density at radius 2 is 2.26 bits per heavy atom. The number of carbonyl (C=O) groups is 1. The van der Waals surface area contributed by atoms with Crippen LogP contribution in [0.2, 0.25) is 0 Å². The van der Waals surface area contributed by atoms with Gasteiger partial charge < -0.3 is 4.90 Å². The Hall–Kier alpha value is -2.04. The Morgan fingerprint density at radius 3 is 3.05 bits per heavy atom. The second kappa shape index (κ2) is 4.57. The first-order chi connectivity index (χ1) is 9.22. The lowest BCUT2D eigenvalue weighted by Gasteiger charge is -2.22. The van der Waals surface area contributed by atoms with Gasteiger partial charge in [0.2, 0.25) is 0 Å². The van der Waals surface area contributed by atoms with Crippen LogP contribution in [0.15, 0.2) is 29.3 Å². The predicted octanol–water partition coefficient (Wildman–Crippen LogP) is 1.81. The van der Waals surface area contributed by atoms with E-state index in [0.29, 0.717) is 11.3 Å². The van der Waals surface area contributed by atoms with E-state index in [9.17, 15) is 4.79 Å². The molecule has 1 aromatic rings. The molecule has 0 fully saturated rings. The third-order valence-electron chi connectivity index (χ3n) is 3.63. The van der Waals surface area contributed by atoms with Crippen LogP contribution in [0, 0.1) is 0 Å². The minimum absolute atomic E-state index is 0.0347. The van der Waals surface area contributed by atoms with E-state index in [1.807, 2.05) is 7.05 Å². The number of hydrogen-bond acceptors (Lipinski definition) is 5. The van der Waals surface area contributed by atoms with E-state index in [4.69, 9.17) is 4.99 Å². The molecule has 3 rings (SSSR count). The lowest BCUT2D eigenvalue weighted by Crippen LogP contribution is -2.28. The number of nitrogens with zero attached hydrogens (tertiary/aromatic N) is 4. The van der Waals surface area contributed by atoms with Gasteiger partial charge >= 0.3 is 0 Å². The van der Waals surface area contributed by atoms with Crippen LogP contribution < -0.4 is 0 Å². The Bertz CT molecular complexity index is 591. The van der Waals surface area contributed by atoms with E-state index >= 15 is 0 Å². The molecule has 19 heavy (non-hydrogen) atoms. The van der Waals surface area contributed by atoms with Crippen molar-refractivity contribution >= 4 is 11.5 Å².